The number of aromatic nitrogens is 2. The van der Waals surface area contributed by atoms with E-state index in [9.17, 15) is 0 Å². The standard InChI is InChI=1S/C23H29N5S.BrH/c1-15(11-16-9-7-6-8-10-16)26-17-12-23(2,3)13-18-20(17)29-22-19(27-18)21(28(4)5)24-14-25-22;/h6-10,14-15,27H,11-13H2,1-5H3;1H. The second-order valence-corrected chi connectivity index (χ2v) is 9.94. The molecule has 1 aliphatic heterocycles. The zero-order chi connectivity index (χ0) is 20.6. The molecule has 5 nitrogen and oxygen atoms in total. The van der Waals surface area contributed by atoms with Gasteiger partial charge in [0.05, 0.1) is 16.7 Å². The third-order valence-electron chi connectivity index (χ3n) is 5.28. The third kappa shape index (κ3) is 4.89. The van der Waals surface area contributed by atoms with Gasteiger partial charge in [-0.25, -0.2) is 9.97 Å². The molecule has 2 aromatic rings. The predicted molar refractivity (Wildman–Crippen MR) is 133 cm³/mol. The van der Waals surface area contributed by atoms with Crippen LogP contribution in [0.3, 0.4) is 0 Å². The molecule has 160 valence electrons. The van der Waals surface area contributed by atoms with Crippen LogP contribution >= 0.6 is 28.7 Å². The molecular formula is C23H30BrN5S. The molecule has 0 fully saturated rings. The molecule has 2 heterocycles. The number of rotatable bonds is 4. The van der Waals surface area contributed by atoms with Crippen LogP contribution in [-0.2, 0) is 6.42 Å². The molecule has 0 saturated carbocycles. The van der Waals surface area contributed by atoms with Crippen molar-refractivity contribution in [1.82, 2.24) is 9.97 Å². The average Bonchev–Trinajstić information content (AvgIpc) is 2.66. The smallest absolute Gasteiger partial charge is 0.156 e. The molecule has 0 saturated heterocycles. The Kier molecular flexibility index (Phi) is 6.92. The monoisotopic (exact) mass is 487 g/mol. The molecule has 1 atom stereocenters. The number of hydrogen-bond acceptors (Lipinski definition) is 6. The summed E-state index contributed by atoms with van der Waals surface area (Å²) >= 11 is 1.74. The first kappa shape index (κ1) is 22.8. The van der Waals surface area contributed by atoms with Crippen LogP contribution < -0.4 is 10.2 Å². The Morgan fingerprint density at radius 2 is 1.90 bits per heavy atom. The van der Waals surface area contributed by atoms with Crippen LogP contribution in [-0.4, -0.2) is 35.8 Å². The number of anilines is 2. The van der Waals surface area contributed by atoms with Gasteiger partial charge in [0.1, 0.15) is 17.0 Å². The van der Waals surface area contributed by atoms with Crippen molar-refractivity contribution in [3.05, 3.63) is 52.8 Å². The van der Waals surface area contributed by atoms with Crippen LogP contribution in [0, 0.1) is 5.41 Å². The minimum Gasteiger partial charge on any atom is -0.361 e. The Morgan fingerprint density at radius 3 is 2.60 bits per heavy atom. The molecule has 1 aromatic carbocycles. The van der Waals surface area contributed by atoms with Crippen molar-refractivity contribution in [2.24, 2.45) is 10.4 Å². The van der Waals surface area contributed by atoms with Crippen molar-refractivity contribution in [2.75, 3.05) is 24.3 Å². The first-order valence-electron chi connectivity index (χ1n) is 10.1. The van der Waals surface area contributed by atoms with Crippen molar-refractivity contribution in [2.45, 2.75) is 51.1 Å². The summed E-state index contributed by atoms with van der Waals surface area (Å²) in [6.07, 6.45) is 4.59. The molecule has 4 rings (SSSR count). The van der Waals surface area contributed by atoms with Gasteiger partial charge in [-0.2, -0.15) is 0 Å². The summed E-state index contributed by atoms with van der Waals surface area (Å²) in [4.78, 5) is 17.5. The van der Waals surface area contributed by atoms with Crippen molar-refractivity contribution >= 4 is 46.0 Å². The number of thioether (sulfide) groups is 1. The van der Waals surface area contributed by atoms with Gasteiger partial charge in [0.25, 0.3) is 0 Å². The quantitative estimate of drug-likeness (QED) is 0.556. The van der Waals surface area contributed by atoms with Gasteiger partial charge < -0.3 is 10.2 Å². The summed E-state index contributed by atoms with van der Waals surface area (Å²) in [5, 5.41) is 4.65. The predicted octanol–water partition coefficient (Wildman–Crippen LogP) is 5.74. The molecule has 0 radical (unpaired) electrons. The summed E-state index contributed by atoms with van der Waals surface area (Å²) in [5.74, 6) is 0.924. The Bertz CT molecular complexity index is 969. The van der Waals surface area contributed by atoms with E-state index in [1.165, 1.54) is 21.9 Å². The van der Waals surface area contributed by atoms with Crippen molar-refractivity contribution in [3.8, 4) is 0 Å². The maximum Gasteiger partial charge on any atom is 0.156 e. The highest BCUT2D eigenvalue weighted by atomic mass is 79.9. The number of nitrogens with one attached hydrogen (secondary N) is 1. The summed E-state index contributed by atoms with van der Waals surface area (Å²) in [7, 11) is 4.03. The molecule has 1 aromatic heterocycles. The van der Waals surface area contributed by atoms with Crippen LogP contribution in [0.1, 0.15) is 39.2 Å². The van der Waals surface area contributed by atoms with E-state index in [1.807, 2.05) is 19.0 Å². The summed E-state index contributed by atoms with van der Waals surface area (Å²) in [5.41, 5.74) is 4.96. The maximum absolute atomic E-state index is 5.19. The second-order valence-electron chi connectivity index (χ2n) is 8.94. The first-order valence-corrected chi connectivity index (χ1v) is 11.0. The SMILES string of the molecule is Br.CC(Cc1ccccc1)N=C1CC(C)(C)CC2=C1Sc1ncnc(N(C)C)c1N2. The van der Waals surface area contributed by atoms with Crippen LogP contribution in [0.25, 0.3) is 0 Å². The largest absolute Gasteiger partial charge is 0.361 e. The third-order valence-corrected chi connectivity index (χ3v) is 6.47. The highest BCUT2D eigenvalue weighted by Gasteiger charge is 2.36. The van der Waals surface area contributed by atoms with Gasteiger partial charge in [-0.05, 0) is 37.2 Å². The number of halogens is 1. The van der Waals surface area contributed by atoms with Gasteiger partial charge in [0.2, 0.25) is 0 Å². The molecule has 7 heteroatoms. The highest BCUT2D eigenvalue weighted by molar-refractivity contribution is 8.93. The Balaban J connectivity index is 0.00000256. The van der Waals surface area contributed by atoms with Crippen LogP contribution in [0.4, 0.5) is 11.5 Å². The fraction of sp³-hybridized carbons (Fsp3) is 0.435. The van der Waals surface area contributed by atoms with Crippen LogP contribution in [0.5, 0.6) is 0 Å². The van der Waals surface area contributed by atoms with Gasteiger partial charge in [-0.3, -0.25) is 4.99 Å². The summed E-state index contributed by atoms with van der Waals surface area (Å²) < 4.78 is 0. The van der Waals surface area contributed by atoms with Gasteiger partial charge in [0.15, 0.2) is 5.82 Å². The molecule has 1 N–H and O–H groups in total. The van der Waals surface area contributed by atoms with Gasteiger partial charge in [0, 0.05) is 19.8 Å². The lowest BCUT2D eigenvalue weighted by atomic mass is 9.78. The number of benzene rings is 1. The Labute approximate surface area is 194 Å². The fourth-order valence-corrected chi connectivity index (χ4v) is 5.08. The normalized spacial score (nSPS) is 19.3. The van der Waals surface area contributed by atoms with Crippen molar-refractivity contribution < 1.29 is 0 Å². The lowest BCUT2D eigenvalue weighted by Gasteiger charge is -2.37. The lowest BCUT2D eigenvalue weighted by molar-refractivity contribution is 0.372. The van der Waals surface area contributed by atoms with E-state index in [1.54, 1.807) is 18.1 Å². The van der Waals surface area contributed by atoms with Gasteiger partial charge in [-0.1, -0.05) is 55.9 Å². The molecule has 0 bridgehead atoms. The molecule has 2 aliphatic rings. The Morgan fingerprint density at radius 1 is 1.17 bits per heavy atom. The van der Waals surface area contributed by atoms with E-state index < -0.39 is 0 Å². The van der Waals surface area contributed by atoms with E-state index in [0.29, 0.717) is 0 Å². The van der Waals surface area contributed by atoms with Crippen molar-refractivity contribution in [3.63, 3.8) is 0 Å². The van der Waals surface area contributed by atoms with Gasteiger partial charge in [-0.15, -0.1) is 17.0 Å². The number of fused-ring (bicyclic) bond motifs is 1. The molecular weight excluding hydrogens is 458 g/mol. The van der Waals surface area contributed by atoms with Crippen LogP contribution in [0.15, 0.2) is 57.3 Å². The number of nitrogens with zero attached hydrogens (tertiary/aromatic N) is 4. The maximum atomic E-state index is 5.19. The number of allylic oxidation sites excluding steroid dienone is 2. The van der Waals surface area contributed by atoms with E-state index >= 15 is 0 Å². The van der Waals surface area contributed by atoms with E-state index in [4.69, 9.17) is 4.99 Å². The molecule has 1 aliphatic carbocycles. The highest BCUT2D eigenvalue weighted by Crippen LogP contribution is 2.49. The number of hydrogen-bond donors (Lipinski definition) is 1. The summed E-state index contributed by atoms with van der Waals surface area (Å²) in [6.45, 7) is 6.86. The van der Waals surface area contributed by atoms with Crippen LogP contribution in [0.2, 0.25) is 0 Å². The van der Waals surface area contributed by atoms with E-state index in [-0.39, 0.29) is 28.4 Å². The molecule has 0 spiro atoms. The zero-order valence-corrected chi connectivity index (χ0v) is 20.8. The fourth-order valence-electron chi connectivity index (χ4n) is 4.06. The second kappa shape index (κ2) is 9.10. The van der Waals surface area contributed by atoms with E-state index in [0.717, 1.165) is 35.8 Å². The average molecular weight is 488 g/mol. The van der Waals surface area contributed by atoms with Gasteiger partial charge >= 0.3 is 0 Å². The minimum atomic E-state index is 0. The van der Waals surface area contributed by atoms with Crippen molar-refractivity contribution in [1.29, 1.82) is 0 Å². The first-order chi connectivity index (χ1) is 13.8. The molecule has 1 unspecified atom stereocenters. The number of aliphatic imine (C=N–C) groups is 1. The lowest BCUT2D eigenvalue weighted by Crippen LogP contribution is -2.30. The topological polar surface area (TPSA) is 53.4 Å². The zero-order valence-electron chi connectivity index (χ0n) is 18.3. The van der Waals surface area contributed by atoms with E-state index in [2.05, 4.69) is 66.4 Å². The minimum absolute atomic E-state index is 0. The summed E-state index contributed by atoms with van der Waals surface area (Å²) in [6, 6.07) is 10.9. The molecule has 0 amide bonds. The molecule has 30 heavy (non-hydrogen) atoms. The Hall–Kier alpha value is -1.86.